The third kappa shape index (κ3) is 6.05. The van der Waals surface area contributed by atoms with E-state index in [2.05, 4.69) is 4.98 Å². The van der Waals surface area contributed by atoms with E-state index in [1.165, 1.54) is 0 Å². The van der Waals surface area contributed by atoms with Crippen molar-refractivity contribution in [2.24, 2.45) is 0 Å². The first-order valence-corrected chi connectivity index (χ1v) is 11.0. The van der Waals surface area contributed by atoms with Crippen molar-refractivity contribution in [3.8, 4) is 0 Å². The number of hydrogen-bond donors (Lipinski definition) is 0. The maximum absolute atomic E-state index is 13.9. The van der Waals surface area contributed by atoms with Crippen LogP contribution in [0, 0.1) is 0 Å². The highest BCUT2D eigenvalue weighted by Gasteiger charge is 2.44. The van der Waals surface area contributed by atoms with Gasteiger partial charge in [0.15, 0.2) is 0 Å². The Labute approximate surface area is 200 Å². The molecule has 3 rings (SSSR count). The van der Waals surface area contributed by atoms with E-state index in [0.29, 0.717) is 12.1 Å². The summed E-state index contributed by atoms with van der Waals surface area (Å²) in [6.45, 7) is 0. The van der Waals surface area contributed by atoms with Crippen LogP contribution in [0.3, 0.4) is 0 Å². The topological polar surface area (TPSA) is 12.9 Å². The van der Waals surface area contributed by atoms with Gasteiger partial charge in [0.1, 0.15) is 5.15 Å². The molecule has 15 heteroatoms. The Morgan fingerprint density at radius 1 is 0.556 bits per heavy atom. The van der Waals surface area contributed by atoms with Crippen LogP contribution in [0.1, 0.15) is 22.3 Å². The number of pyridine rings is 1. The number of hydrogen-bond acceptors (Lipinski definition) is 1. The molecule has 0 aliphatic heterocycles. The second kappa shape index (κ2) is 9.41. The lowest BCUT2D eigenvalue weighted by molar-refractivity contribution is -0.144. The quantitative estimate of drug-likeness (QED) is 0.180. The lowest BCUT2D eigenvalue weighted by atomic mass is 10.1. The predicted octanol–water partition coefficient (Wildman–Crippen LogP) is 7.57. The van der Waals surface area contributed by atoms with Gasteiger partial charge in [-0.1, -0.05) is 29.8 Å². The molecule has 0 aliphatic rings. The van der Waals surface area contributed by atoms with Crippen molar-refractivity contribution in [3.63, 3.8) is 0 Å². The van der Waals surface area contributed by atoms with Crippen LogP contribution in [-0.4, -0.2) is 4.98 Å². The smallest absolute Gasteiger partial charge is 0.236 e. The van der Waals surface area contributed by atoms with Gasteiger partial charge in [-0.2, -0.15) is 52.7 Å². The summed E-state index contributed by atoms with van der Waals surface area (Å²) in [5, 5.41) is -2.45. The standard InChI is InChI=1S/C21H9ClF12NP/c22-16-2-1-3-17(35-16)36(14-6-4-10(18(23,24)25)8-12(14)20(29,30)31)15-7-5-11(19(26,27)28)9-13(15)21(32,33)34/h1-9H. The highest BCUT2D eigenvalue weighted by molar-refractivity contribution is 7.79. The third-order valence-corrected chi connectivity index (χ3v) is 7.33. The predicted molar refractivity (Wildman–Crippen MR) is 108 cm³/mol. The monoisotopic (exact) mass is 569 g/mol. The maximum Gasteiger partial charge on any atom is 0.417 e. The van der Waals surface area contributed by atoms with Gasteiger partial charge >= 0.3 is 24.7 Å². The number of halogens is 13. The van der Waals surface area contributed by atoms with E-state index < -0.39 is 70.9 Å². The number of alkyl halides is 12. The van der Waals surface area contributed by atoms with Gasteiger partial charge in [-0.05, 0) is 47.0 Å². The summed E-state index contributed by atoms with van der Waals surface area (Å²) in [7, 11) is -3.10. The molecule has 0 spiro atoms. The van der Waals surface area contributed by atoms with Gasteiger partial charge in [0, 0.05) is 7.92 Å². The third-order valence-electron chi connectivity index (χ3n) is 4.67. The first kappa shape index (κ1) is 28.0. The molecular weight excluding hydrogens is 561 g/mol. The summed E-state index contributed by atoms with van der Waals surface area (Å²) in [6.07, 6.45) is -21.4. The first-order valence-electron chi connectivity index (χ1n) is 9.29. The fraction of sp³-hybridized carbons (Fsp3) is 0.190. The van der Waals surface area contributed by atoms with Gasteiger partial charge in [-0.15, -0.1) is 0 Å². The Morgan fingerprint density at radius 2 is 0.972 bits per heavy atom. The number of aromatic nitrogens is 1. The fourth-order valence-corrected chi connectivity index (χ4v) is 5.90. The molecule has 0 atom stereocenters. The molecule has 2 aromatic carbocycles. The highest BCUT2D eigenvalue weighted by atomic mass is 35.5. The summed E-state index contributed by atoms with van der Waals surface area (Å²) >= 11 is 5.75. The molecule has 0 bridgehead atoms. The molecule has 0 N–H and O–H groups in total. The van der Waals surface area contributed by atoms with Crippen LogP contribution in [0.5, 0.6) is 0 Å². The zero-order chi connectivity index (χ0) is 27.3. The van der Waals surface area contributed by atoms with Crippen LogP contribution in [0.4, 0.5) is 52.7 Å². The SMILES string of the molecule is FC(F)(F)c1ccc(P(c2cccc(Cl)n2)c2ccc(C(F)(F)F)cc2C(F)(F)F)c(C(F)(F)F)c1. The molecule has 36 heavy (non-hydrogen) atoms. The molecule has 1 aromatic heterocycles. The molecule has 0 amide bonds. The van der Waals surface area contributed by atoms with Gasteiger partial charge in [0.25, 0.3) is 0 Å². The zero-order valence-electron chi connectivity index (χ0n) is 17.0. The number of rotatable bonds is 3. The summed E-state index contributed by atoms with van der Waals surface area (Å²) in [5.41, 5.74) is -7.79. The van der Waals surface area contributed by atoms with Gasteiger partial charge in [0.05, 0.1) is 27.7 Å². The minimum Gasteiger partial charge on any atom is -0.236 e. The Morgan fingerprint density at radius 3 is 1.31 bits per heavy atom. The molecule has 0 aliphatic carbocycles. The van der Waals surface area contributed by atoms with Crippen molar-refractivity contribution in [3.05, 3.63) is 82.0 Å². The van der Waals surface area contributed by atoms with Crippen molar-refractivity contribution < 1.29 is 52.7 Å². The Kier molecular flexibility index (Phi) is 7.33. The van der Waals surface area contributed by atoms with E-state index in [0.717, 1.165) is 18.2 Å². The Hall–Kier alpha value is -2.53. The van der Waals surface area contributed by atoms with E-state index in [1.807, 2.05) is 0 Å². The van der Waals surface area contributed by atoms with Crippen LogP contribution in [0.15, 0.2) is 54.6 Å². The summed E-state index contributed by atoms with van der Waals surface area (Å²) in [5.74, 6) is 0. The molecule has 3 aromatic rings. The second-order valence-electron chi connectivity index (χ2n) is 7.11. The van der Waals surface area contributed by atoms with E-state index >= 15 is 0 Å². The fourth-order valence-electron chi connectivity index (χ4n) is 3.17. The molecule has 1 nitrogen and oxygen atoms in total. The van der Waals surface area contributed by atoms with Crippen LogP contribution in [0.25, 0.3) is 0 Å². The van der Waals surface area contributed by atoms with Crippen LogP contribution < -0.4 is 16.0 Å². The molecule has 194 valence electrons. The van der Waals surface area contributed by atoms with E-state index in [9.17, 15) is 52.7 Å². The van der Waals surface area contributed by atoms with Crippen LogP contribution >= 0.6 is 19.5 Å². The highest BCUT2D eigenvalue weighted by Crippen LogP contribution is 2.45. The van der Waals surface area contributed by atoms with E-state index in [-0.39, 0.29) is 29.4 Å². The normalized spacial score (nSPS) is 13.4. The van der Waals surface area contributed by atoms with Crippen molar-refractivity contribution in [2.45, 2.75) is 24.7 Å². The Balaban J connectivity index is 2.44. The maximum atomic E-state index is 13.9. The van der Waals surface area contributed by atoms with Crippen molar-refractivity contribution in [2.75, 3.05) is 0 Å². The first-order chi connectivity index (χ1) is 16.3. The van der Waals surface area contributed by atoms with Crippen molar-refractivity contribution in [1.29, 1.82) is 0 Å². The van der Waals surface area contributed by atoms with Gasteiger partial charge < -0.3 is 0 Å². The molecule has 0 saturated heterocycles. The Bertz CT molecular complexity index is 1190. The average molecular weight is 570 g/mol. The van der Waals surface area contributed by atoms with Crippen LogP contribution in [0.2, 0.25) is 5.15 Å². The largest absolute Gasteiger partial charge is 0.417 e. The van der Waals surface area contributed by atoms with Gasteiger partial charge in [-0.25, -0.2) is 4.98 Å². The second-order valence-corrected chi connectivity index (χ2v) is 9.59. The lowest BCUT2D eigenvalue weighted by Gasteiger charge is -2.26. The van der Waals surface area contributed by atoms with E-state index in [4.69, 9.17) is 11.6 Å². The van der Waals surface area contributed by atoms with Gasteiger partial charge in [0.2, 0.25) is 0 Å². The molecule has 0 unspecified atom stereocenters. The van der Waals surface area contributed by atoms with Crippen LogP contribution in [-0.2, 0) is 24.7 Å². The molecule has 0 saturated carbocycles. The van der Waals surface area contributed by atoms with E-state index in [1.54, 1.807) is 0 Å². The summed E-state index contributed by atoms with van der Waals surface area (Å²) in [6, 6.07) is 3.85. The number of nitrogens with zero attached hydrogens (tertiary/aromatic N) is 1. The molecular formula is C21H9ClF12NP. The lowest BCUT2D eigenvalue weighted by Crippen LogP contribution is -2.32. The summed E-state index contributed by atoms with van der Waals surface area (Å²) in [4.78, 5) is 3.73. The van der Waals surface area contributed by atoms with Crippen molar-refractivity contribution >= 4 is 35.6 Å². The average Bonchev–Trinajstić information content (AvgIpc) is 2.71. The minimum absolute atomic E-state index is 0.238. The van der Waals surface area contributed by atoms with Gasteiger partial charge in [-0.3, -0.25) is 0 Å². The molecule has 0 fully saturated rings. The van der Waals surface area contributed by atoms with Crippen molar-refractivity contribution in [1.82, 2.24) is 4.98 Å². The molecule has 1 heterocycles. The number of benzene rings is 2. The molecule has 0 radical (unpaired) electrons. The minimum atomic E-state index is -5.47. The zero-order valence-corrected chi connectivity index (χ0v) is 18.7. The summed E-state index contributed by atoms with van der Waals surface area (Å²) < 4.78 is 162.